The fourth-order valence-electron chi connectivity index (χ4n) is 2.71. The van der Waals surface area contributed by atoms with Gasteiger partial charge in [0.25, 0.3) is 0 Å². The molecule has 0 saturated carbocycles. The van der Waals surface area contributed by atoms with Crippen molar-refractivity contribution >= 4 is 27.5 Å². The lowest BCUT2D eigenvalue weighted by atomic mass is 9.97. The molecule has 1 aromatic rings. The van der Waals surface area contributed by atoms with E-state index in [2.05, 4.69) is 47.7 Å². The van der Waals surface area contributed by atoms with Gasteiger partial charge in [0, 0.05) is 27.6 Å². The van der Waals surface area contributed by atoms with E-state index in [1.54, 1.807) is 0 Å². The smallest absolute Gasteiger partial charge is 0.0519 e. The standard InChI is InChI=1S/C14H20BrClN2/c1-14(2,3)18-7-6-12(17)13(18)10-5-4-9(15)8-11(10)16/h4-5,8,12-13H,6-7,17H2,1-3H3. The number of benzene rings is 1. The maximum absolute atomic E-state index is 6.38. The van der Waals surface area contributed by atoms with Crippen LogP contribution in [0.1, 0.15) is 38.8 Å². The third kappa shape index (κ3) is 2.74. The van der Waals surface area contributed by atoms with Crippen molar-refractivity contribution in [3.05, 3.63) is 33.3 Å². The molecule has 0 radical (unpaired) electrons. The molecule has 0 bridgehead atoms. The van der Waals surface area contributed by atoms with Gasteiger partial charge in [0.1, 0.15) is 0 Å². The van der Waals surface area contributed by atoms with Gasteiger partial charge in [0.15, 0.2) is 0 Å². The number of nitrogens with two attached hydrogens (primary N) is 1. The van der Waals surface area contributed by atoms with Crippen LogP contribution in [0.15, 0.2) is 22.7 Å². The van der Waals surface area contributed by atoms with Gasteiger partial charge < -0.3 is 5.73 Å². The van der Waals surface area contributed by atoms with Crippen LogP contribution in [0, 0.1) is 0 Å². The molecule has 100 valence electrons. The van der Waals surface area contributed by atoms with Gasteiger partial charge in [-0.25, -0.2) is 0 Å². The SMILES string of the molecule is CC(C)(C)N1CCC(N)C1c1ccc(Br)cc1Cl. The molecule has 0 spiro atoms. The molecule has 2 atom stereocenters. The lowest BCUT2D eigenvalue weighted by molar-refractivity contribution is 0.117. The minimum absolute atomic E-state index is 0.106. The Morgan fingerprint density at radius 2 is 2.06 bits per heavy atom. The first kappa shape index (κ1) is 14.3. The van der Waals surface area contributed by atoms with Gasteiger partial charge >= 0.3 is 0 Å². The predicted octanol–water partition coefficient (Wildman–Crippen LogP) is 3.98. The summed E-state index contributed by atoms with van der Waals surface area (Å²) in [5, 5.41) is 0.793. The maximum Gasteiger partial charge on any atom is 0.0519 e. The van der Waals surface area contributed by atoms with Crippen LogP contribution in [-0.2, 0) is 0 Å². The number of rotatable bonds is 1. The number of hydrogen-bond donors (Lipinski definition) is 1. The highest BCUT2D eigenvalue weighted by atomic mass is 79.9. The zero-order valence-electron chi connectivity index (χ0n) is 11.1. The summed E-state index contributed by atoms with van der Waals surface area (Å²) in [6.45, 7) is 7.71. The minimum atomic E-state index is 0.106. The highest BCUT2D eigenvalue weighted by Gasteiger charge is 2.39. The van der Waals surface area contributed by atoms with Gasteiger partial charge in [-0.05, 0) is 44.9 Å². The summed E-state index contributed by atoms with van der Waals surface area (Å²) in [5.41, 5.74) is 7.54. The fraction of sp³-hybridized carbons (Fsp3) is 0.571. The highest BCUT2D eigenvalue weighted by Crippen LogP contribution is 2.39. The van der Waals surface area contributed by atoms with E-state index in [0.717, 1.165) is 28.0 Å². The van der Waals surface area contributed by atoms with Crippen molar-refractivity contribution in [3.8, 4) is 0 Å². The van der Waals surface area contributed by atoms with Crippen LogP contribution in [0.2, 0.25) is 5.02 Å². The molecular formula is C14H20BrClN2. The maximum atomic E-state index is 6.38. The monoisotopic (exact) mass is 330 g/mol. The van der Waals surface area contributed by atoms with Crippen molar-refractivity contribution in [1.29, 1.82) is 0 Å². The molecular weight excluding hydrogens is 312 g/mol. The van der Waals surface area contributed by atoms with Crippen molar-refractivity contribution in [2.24, 2.45) is 5.73 Å². The molecule has 0 aromatic heterocycles. The molecule has 1 aromatic carbocycles. The van der Waals surface area contributed by atoms with Crippen LogP contribution in [-0.4, -0.2) is 23.0 Å². The van der Waals surface area contributed by atoms with Crippen LogP contribution in [0.4, 0.5) is 0 Å². The van der Waals surface area contributed by atoms with Crippen LogP contribution in [0.25, 0.3) is 0 Å². The average Bonchev–Trinajstić information content (AvgIpc) is 2.60. The lowest BCUT2D eigenvalue weighted by Crippen LogP contribution is -2.43. The molecule has 1 saturated heterocycles. The van der Waals surface area contributed by atoms with Gasteiger partial charge in [-0.1, -0.05) is 33.6 Å². The summed E-state index contributed by atoms with van der Waals surface area (Å²) in [5.74, 6) is 0. The third-order valence-corrected chi connectivity index (χ3v) is 4.41. The molecule has 2 rings (SSSR count). The number of likely N-dealkylation sites (tertiary alicyclic amines) is 1. The summed E-state index contributed by atoms with van der Waals surface area (Å²) in [4.78, 5) is 2.45. The first-order valence-electron chi connectivity index (χ1n) is 6.28. The molecule has 1 fully saturated rings. The Balaban J connectivity index is 2.40. The second kappa shape index (κ2) is 5.12. The summed E-state index contributed by atoms with van der Waals surface area (Å²) >= 11 is 9.82. The van der Waals surface area contributed by atoms with Crippen molar-refractivity contribution in [1.82, 2.24) is 4.90 Å². The Bertz CT molecular complexity index is 442. The van der Waals surface area contributed by atoms with E-state index < -0.39 is 0 Å². The Labute approximate surface area is 123 Å². The van der Waals surface area contributed by atoms with E-state index in [4.69, 9.17) is 17.3 Å². The molecule has 2 unspecified atom stereocenters. The highest BCUT2D eigenvalue weighted by molar-refractivity contribution is 9.10. The fourth-order valence-corrected chi connectivity index (χ4v) is 3.49. The van der Waals surface area contributed by atoms with Crippen LogP contribution >= 0.6 is 27.5 Å². The van der Waals surface area contributed by atoms with Gasteiger partial charge in [-0.2, -0.15) is 0 Å². The summed E-state index contributed by atoms with van der Waals surface area (Å²) in [7, 11) is 0. The van der Waals surface area contributed by atoms with Crippen LogP contribution < -0.4 is 5.73 Å². The van der Waals surface area contributed by atoms with Crippen molar-refractivity contribution in [3.63, 3.8) is 0 Å². The topological polar surface area (TPSA) is 29.3 Å². The summed E-state index contributed by atoms with van der Waals surface area (Å²) < 4.78 is 1.00. The quantitative estimate of drug-likeness (QED) is 0.843. The Hall–Kier alpha value is -0.0900. The van der Waals surface area contributed by atoms with Crippen molar-refractivity contribution in [2.45, 2.75) is 44.8 Å². The van der Waals surface area contributed by atoms with E-state index in [-0.39, 0.29) is 17.6 Å². The van der Waals surface area contributed by atoms with Gasteiger partial charge in [0.05, 0.1) is 6.04 Å². The zero-order chi connectivity index (χ0) is 13.5. The predicted molar refractivity (Wildman–Crippen MR) is 80.9 cm³/mol. The molecule has 1 heterocycles. The van der Waals surface area contributed by atoms with E-state index in [1.807, 2.05) is 12.1 Å². The molecule has 0 aliphatic carbocycles. The molecule has 18 heavy (non-hydrogen) atoms. The van der Waals surface area contributed by atoms with Gasteiger partial charge in [0.2, 0.25) is 0 Å². The number of nitrogens with zero attached hydrogens (tertiary/aromatic N) is 1. The van der Waals surface area contributed by atoms with Crippen LogP contribution in [0.3, 0.4) is 0 Å². The first-order chi connectivity index (χ1) is 8.30. The largest absolute Gasteiger partial charge is 0.326 e. The zero-order valence-corrected chi connectivity index (χ0v) is 13.4. The molecule has 1 aliphatic rings. The van der Waals surface area contributed by atoms with Crippen molar-refractivity contribution < 1.29 is 0 Å². The van der Waals surface area contributed by atoms with Crippen LogP contribution in [0.5, 0.6) is 0 Å². The van der Waals surface area contributed by atoms with E-state index >= 15 is 0 Å². The third-order valence-electron chi connectivity index (χ3n) is 3.59. The van der Waals surface area contributed by atoms with E-state index in [0.29, 0.717) is 0 Å². The Morgan fingerprint density at radius 3 is 2.61 bits per heavy atom. The summed E-state index contributed by atoms with van der Waals surface area (Å²) in [6.07, 6.45) is 1.02. The van der Waals surface area contributed by atoms with E-state index in [9.17, 15) is 0 Å². The minimum Gasteiger partial charge on any atom is -0.326 e. The Morgan fingerprint density at radius 1 is 1.39 bits per heavy atom. The molecule has 2 nitrogen and oxygen atoms in total. The van der Waals surface area contributed by atoms with E-state index in [1.165, 1.54) is 0 Å². The molecule has 0 amide bonds. The normalized spacial score (nSPS) is 25.7. The summed E-state index contributed by atoms with van der Waals surface area (Å²) in [6, 6.07) is 6.44. The number of hydrogen-bond acceptors (Lipinski definition) is 2. The van der Waals surface area contributed by atoms with Crippen molar-refractivity contribution in [2.75, 3.05) is 6.54 Å². The first-order valence-corrected chi connectivity index (χ1v) is 7.45. The molecule has 1 aliphatic heterocycles. The van der Waals surface area contributed by atoms with Gasteiger partial charge in [-0.15, -0.1) is 0 Å². The molecule has 4 heteroatoms. The molecule has 2 N–H and O–H groups in total. The number of halogens is 2. The Kier molecular flexibility index (Phi) is 4.07. The average molecular weight is 332 g/mol. The second-order valence-electron chi connectivity index (χ2n) is 5.93. The second-order valence-corrected chi connectivity index (χ2v) is 7.25. The lowest BCUT2D eigenvalue weighted by Gasteiger charge is -2.38. The van der Waals surface area contributed by atoms with Gasteiger partial charge in [-0.3, -0.25) is 4.90 Å².